The van der Waals surface area contributed by atoms with Crippen LogP contribution in [0.4, 0.5) is 0 Å². The largest absolute Gasteiger partial charge is 0.497 e. The Morgan fingerprint density at radius 3 is 2.50 bits per heavy atom. The highest BCUT2D eigenvalue weighted by Gasteiger charge is 2.32. The van der Waals surface area contributed by atoms with E-state index >= 15 is 0 Å². The first kappa shape index (κ1) is 11.4. The van der Waals surface area contributed by atoms with E-state index in [1.807, 2.05) is 12.1 Å². The summed E-state index contributed by atoms with van der Waals surface area (Å²) < 4.78 is 11.0. The summed E-state index contributed by atoms with van der Waals surface area (Å²) in [5.74, 6) is 1.57. The van der Waals surface area contributed by atoms with Crippen LogP contribution in [0.5, 0.6) is 5.75 Å². The molecule has 16 heavy (non-hydrogen) atoms. The molecule has 2 N–H and O–H groups in total. The molecular weight excluding hydrogens is 202 g/mol. The zero-order valence-electron chi connectivity index (χ0n) is 9.69. The Kier molecular flexibility index (Phi) is 3.80. The molecule has 0 saturated heterocycles. The SMILES string of the molecule is COc1ccc(C(OCCN)C2CC2)cc1. The number of methoxy groups -OCH3 is 1. The van der Waals surface area contributed by atoms with Crippen molar-refractivity contribution in [2.75, 3.05) is 20.3 Å². The molecule has 0 radical (unpaired) electrons. The molecular formula is C13H19NO2. The van der Waals surface area contributed by atoms with Crippen LogP contribution in [0, 0.1) is 5.92 Å². The molecule has 1 saturated carbocycles. The average Bonchev–Trinajstić information content (AvgIpc) is 3.15. The standard InChI is InChI=1S/C13H19NO2/c1-15-12-6-4-11(5-7-12)13(10-2-3-10)16-9-8-14/h4-7,10,13H,2-3,8-9,14H2,1H3. The van der Waals surface area contributed by atoms with Crippen molar-refractivity contribution in [1.82, 2.24) is 0 Å². The van der Waals surface area contributed by atoms with E-state index in [0.717, 1.165) is 5.75 Å². The predicted molar refractivity (Wildman–Crippen MR) is 63.5 cm³/mol. The molecule has 1 atom stereocenters. The molecule has 0 aliphatic heterocycles. The van der Waals surface area contributed by atoms with Gasteiger partial charge in [0.2, 0.25) is 0 Å². The second-order valence-corrected chi connectivity index (χ2v) is 4.19. The highest BCUT2D eigenvalue weighted by molar-refractivity contribution is 5.29. The van der Waals surface area contributed by atoms with Gasteiger partial charge in [0, 0.05) is 6.54 Å². The second-order valence-electron chi connectivity index (χ2n) is 4.19. The third-order valence-corrected chi connectivity index (χ3v) is 2.91. The van der Waals surface area contributed by atoms with E-state index in [-0.39, 0.29) is 6.10 Å². The van der Waals surface area contributed by atoms with Gasteiger partial charge in [-0.25, -0.2) is 0 Å². The zero-order chi connectivity index (χ0) is 11.4. The van der Waals surface area contributed by atoms with Crippen LogP contribution >= 0.6 is 0 Å². The maximum atomic E-state index is 5.81. The Morgan fingerprint density at radius 2 is 2.00 bits per heavy atom. The minimum atomic E-state index is 0.217. The Balaban J connectivity index is 2.05. The molecule has 0 bridgehead atoms. The molecule has 3 heteroatoms. The molecule has 2 rings (SSSR count). The Hall–Kier alpha value is -1.06. The molecule has 3 nitrogen and oxygen atoms in total. The average molecular weight is 221 g/mol. The lowest BCUT2D eigenvalue weighted by Gasteiger charge is -2.17. The first-order valence-electron chi connectivity index (χ1n) is 5.80. The van der Waals surface area contributed by atoms with Gasteiger partial charge in [0.25, 0.3) is 0 Å². The van der Waals surface area contributed by atoms with Crippen LogP contribution in [0.2, 0.25) is 0 Å². The first-order valence-corrected chi connectivity index (χ1v) is 5.80. The second kappa shape index (κ2) is 5.32. The highest BCUT2D eigenvalue weighted by Crippen LogP contribution is 2.43. The van der Waals surface area contributed by atoms with Gasteiger partial charge in [0.1, 0.15) is 5.75 Å². The summed E-state index contributed by atoms with van der Waals surface area (Å²) in [5.41, 5.74) is 6.71. The Morgan fingerprint density at radius 1 is 1.31 bits per heavy atom. The van der Waals surface area contributed by atoms with Crippen molar-refractivity contribution in [2.24, 2.45) is 11.7 Å². The minimum Gasteiger partial charge on any atom is -0.497 e. The highest BCUT2D eigenvalue weighted by atomic mass is 16.5. The molecule has 0 heterocycles. The van der Waals surface area contributed by atoms with Crippen molar-refractivity contribution in [3.05, 3.63) is 29.8 Å². The molecule has 88 valence electrons. The van der Waals surface area contributed by atoms with Gasteiger partial charge in [-0.05, 0) is 36.5 Å². The van der Waals surface area contributed by atoms with Crippen LogP contribution in [0.15, 0.2) is 24.3 Å². The fourth-order valence-electron chi connectivity index (χ4n) is 1.89. The number of nitrogens with two attached hydrogens (primary N) is 1. The van der Waals surface area contributed by atoms with Crippen LogP contribution in [-0.2, 0) is 4.74 Å². The fourth-order valence-corrected chi connectivity index (χ4v) is 1.89. The lowest BCUT2D eigenvalue weighted by atomic mass is 10.1. The van der Waals surface area contributed by atoms with Crippen LogP contribution in [-0.4, -0.2) is 20.3 Å². The number of hydrogen-bond donors (Lipinski definition) is 1. The molecule has 1 aliphatic carbocycles. The lowest BCUT2D eigenvalue weighted by Crippen LogP contribution is -2.14. The topological polar surface area (TPSA) is 44.5 Å². The van der Waals surface area contributed by atoms with Crippen LogP contribution in [0.25, 0.3) is 0 Å². The van der Waals surface area contributed by atoms with Crippen molar-refractivity contribution in [1.29, 1.82) is 0 Å². The third kappa shape index (κ3) is 2.74. The summed E-state index contributed by atoms with van der Waals surface area (Å²) in [6.45, 7) is 1.21. The monoisotopic (exact) mass is 221 g/mol. The predicted octanol–water partition coefficient (Wildman–Crippen LogP) is 2.12. The van der Waals surface area contributed by atoms with Gasteiger partial charge in [0.05, 0.1) is 19.8 Å². The quantitative estimate of drug-likeness (QED) is 0.800. The van der Waals surface area contributed by atoms with E-state index in [9.17, 15) is 0 Å². The van der Waals surface area contributed by atoms with Crippen molar-refractivity contribution in [3.63, 3.8) is 0 Å². The molecule has 1 aliphatic rings. The van der Waals surface area contributed by atoms with E-state index < -0.39 is 0 Å². The van der Waals surface area contributed by atoms with E-state index in [0.29, 0.717) is 19.1 Å². The number of rotatable bonds is 6. The maximum absolute atomic E-state index is 5.81. The zero-order valence-corrected chi connectivity index (χ0v) is 9.69. The van der Waals surface area contributed by atoms with Gasteiger partial charge in [-0.2, -0.15) is 0 Å². The van der Waals surface area contributed by atoms with E-state index in [4.69, 9.17) is 15.2 Å². The van der Waals surface area contributed by atoms with Gasteiger partial charge < -0.3 is 15.2 Å². The van der Waals surface area contributed by atoms with Crippen LogP contribution < -0.4 is 10.5 Å². The number of ether oxygens (including phenoxy) is 2. The summed E-state index contributed by atoms with van der Waals surface area (Å²) in [6.07, 6.45) is 2.75. The van der Waals surface area contributed by atoms with E-state index in [2.05, 4.69) is 12.1 Å². The normalized spacial score (nSPS) is 17.1. The third-order valence-electron chi connectivity index (χ3n) is 2.91. The molecule has 0 amide bonds. The van der Waals surface area contributed by atoms with Crippen molar-refractivity contribution in [3.8, 4) is 5.75 Å². The van der Waals surface area contributed by atoms with Gasteiger partial charge in [-0.15, -0.1) is 0 Å². The first-order chi connectivity index (χ1) is 7.85. The lowest BCUT2D eigenvalue weighted by molar-refractivity contribution is 0.0424. The van der Waals surface area contributed by atoms with Gasteiger partial charge >= 0.3 is 0 Å². The molecule has 0 aromatic heterocycles. The molecule has 1 unspecified atom stereocenters. The molecule has 1 aromatic carbocycles. The minimum absolute atomic E-state index is 0.217. The van der Waals surface area contributed by atoms with Crippen molar-refractivity contribution in [2.45, 2.75) is 18.9 Å². The molecule has 1 fully saturated rings. The van der Waals surface area contributed by atoms with Crippen molar-refractivity contribution < 1.29 is 9.47 Å². The van der Waals surface area contributed by atoms with Gasteiger partial charge in [-0.3, -0.25) is 0 Å². The van der Waals surface area contributed by atoms with Gasteiger partial charge in [-0.1, -0.05) is 12.1 Å². The van der Waals surface area contributed by atoms with Gasteiger partial charge in [0.15, 0.2) is 0 Å². The number of hydrogen-bond acceptors (Lipinski definition) is 3. The summed E-state index contributed by atoms with van der Waals surface area (Å²) in [4.78, 5) is 0. The summed E-state index contributed by atoms with van der Waals surface area (Å²) in [6, 6.07) is 8.13. The smallest absolute Gasteiger partial charge is 0.118 e. The molecule has 0 spiro atoms. The molecule has 1 aromatic rings. The van der Waals surface area contributed by atoms with Crippen LogP contribution in [0.1, 0.15) is 24.5 Å². The Labute approximate surface area is 96.5 Å². The Bertz CT molecular complexity index is 319. The summed E-state index contributed by atoms with van der Waals surface area (Å²) >= 11 is 0. The van der Waals surface area contributed by atoms with Crippen LogP contribution in [0.3, 0.4) is 0 Å². The number of benzene rings is 1. The summed E-state index contributed by atoms with van der Waals surface area (Å²) in [7, 11) is 1.68. The van der Waals surface area contributed by atoms with E-state index in [1.54, 1.807) is 7.11 Å². The fraction of sp³-hybridized carbons (Fsp3) is 0.538. The summed E-state index contributed by atoms with van der Waals surface area (Å²) in [5, 5.41) is 0. The van der Waals surface area contributed by atoms with E-state index in [1.165, 1.54) is 18.4 Å². The van der Waals surface area contributed by atoms with Crippen molar-refractivity contribution >= 4 is 0 Å². The maximum Gasteiger partial charge on any atom is 0.118 e.